The molecule has 0 radical (unpaired) electrons. The Labute approximate surface area is 115 Å². The molecule has 0 unspecified atom stereocenters. The van der Waals surface area contributed by atoms with Crippen molar-refractivity contribution in [2.75, 3.05) is 33.4 Å². The molecule has 1 rings (SSSR count). The number of hydrogen-bond acceptors (Lipinski definition) is 4. The van der Waals surface area contributed by atoms with Gasteiger partial charge >= 0.3 is 0 Å². The maximum absolute atomic E-state index is 13.7. The van der Waals surface area contributed by atoms with Crippen LogP contribution in [0.4, 0.5) is 14.5 Å². The van der Waals surface area contributed by atoms with Gasteiger partial charge in [0, 0.05) is 21.1 Å². The number of amides is 1. The highest BCUT2D eigenvalue weighted by molar-refractivity contribution is 7.89. The van der Waals surface area contributed by atoms with Gasteiger partial charge in [0.1, 0.15) is 16.4 Å². The van der Waals surface area contributed by atoms with E-state index in [1.165, 1.54) is 19.0 Å². The number of sulfonamides is 1. The first kappa shape index (κ1) is 16.3. The number of nitrogen functional groups attached to an aromatic ring is 1. The van der Waals surface area contributed by atoms with Gasteiger partial charge in [-0.15, -0.1) is 0 Å². The van der Waals surface area contributed by atoms with E-state index in [0.29, 0.717) is 4.31 Å². The first-order valence-corrected chi connectivity index (χ1v) is 6.93. The lowest BCUT2D eigenvalue weighted by Crippen LogP contribution is -2.38. The van der Waals surface area contributed by atoms with Crippen LogP contribution < -0.4 is 5.73 Å². The van der Waals surface area contributed by atoms with Crippen molar-refractivity contribution in [2.24, 2.45) is 0 Å². The SMILES string of the molecule is CN(C)C(=O)CN(C)S(=O)(=O)c1ccc(F)c(N)c1F. The van der Waals surface area contributed by atoms with E-state index in [-0.39, 0.29) is 0 Å². The van der Waals surface area contributed by atoms with Gasteiger partial charge in [0.15, 0.2) is 5.82 Å². The van der Waals surface area contributed by atoms with Crippen LogP contribution >= 0.6 is 0 Å². The molecular formula is C11H15F2N3O3S. The van der Waals surface area contributed by atoms with Gasteiger partial charge in [-0.25, -0.2) is 17.2 Å². The Bertz CT molecular complexity index is 632. The number of rotatable bonds is 4. The number of carbonyl (C=O) groups excluding carboxylic acids is 1. The van der Waals surface area contributed by atoms with Crippen LogP contribution in [0.25, 0.3) is 0 Å². The van der Waals surface area contributed by atoms with Crippen LogP contribution in [-0.4, -0.2) is 51.2 Å². The van der Waals surface area contributed by atoms with E-state index in [1.54, 1.807) is 0 Å². The Kier molecular flexibility index (Phi) is 4.66. The Balaban J connectivity index is 3.18. The molecule has 0 aliphatic rings. The van der Waals surface area contributed by atoms with Crippen molar-refractivity contribution in [3.8, 4) is 0 Å². The van der Waals surface area contributed by atoms with E-state index in [1.807, 2.05) is 0 Å². The van der Waals surface area contributed by atoms with Crippen molar-refractivity contribution in [1.82, 2.24) is 9.21 Å². The van der Waals surface area contributed by atoms with Crippen molar-refractivity contribution < 1.29 is 22.0 Å². The number of nitrogens with two attached hydrogens (primary N) is 1. The maximum Gasteiger partial charge on any atom is 0.246 e. The Morgan fingerprint density at radius 1 is 1.25 bits per heavy atom. The average Bonchev–Trinajstić information content (AvgIpc) is 2.35. The second-order valence-corrected chi connectivity index (χ2v) is 6.34. The maximum atomic E-state index is 13.7. The molecule has 0 aliphatic heterocycles. The van der Waals surface area contributed by atoms with Gasteiger partial charge in [-0.2, -0.15) is 4.31 Å². The molecule has 0 fully saturated rings. The lowest BCUT2D eigenvalue weighted by atomic mass is 10.3. The van der Waals surface area contributed by atoms with Gasteiger partial charge in [0.25, 0.3) is 0 Å². The monoisotopic (exact) mass is 307 g/mol. The molecule has 9 heteroatoms. The van der Waals surface area contributed by atoms with Crippen molar-refractivity contribution in [2.45, 2.75) is 4.90 Å². The van der Waals surface area contributed by atoms with Gasteiger partial charge < -0.3 is 10.6 Å². The molecule has 0 saturated heterocycles. The average molecular weight is 307 g/mol. The fourth-order valence-electron chi connectivity index (χ4n) is 1.33. The number of nitrogens with zero attached hydrogens (tertiary/aromatic N) is 2. The molecule has 0 bridgehead atoms. The summed E-state index contributed by atoms with van der Waals surface area (Å²) >= 11 is 0. The van der Waals surface area contributed by atoms with Crippen LogP contribution in [-0.2, 0) is 14.8 Å². The van der Waals surface area contributed by atoms with Gasteiger partial charge in [-0.05, 0) is 12.1 Å². The summed E-state index contributed by atoms with van der Waals surface area (Å²) in [5.74, 6) is -2.89. The first-order valence-electron chi connectivity index (χ1n) is 5.49. The molecule has 0 saturated carbocycles. The highest BCUT2D eigenvalue weighted by Crippen LogP contribution is 2.24. The van der Waals surface area contributed by atoms with Crippen molar-refractivity contribution in [1.29, 1.82) is 0 Å². The van der Waals surface area contributed by atoms with Crippen molar-refractivity contribution >= 4 is 21.6 Å². The Morgan fingerprint density at radius 3 is 2.30 bits per heavy atom. The summed E-state index contributed by atoms with van der Waals surface area (Å²) in [6.45, 7) is -0.466. The zero-order chi connectivity index (χ0) is 15.7. The van der Waals surface area contributed by atoms with E-state index in [2.05, 4.69) is 0 Å². The molecule has 0 aromatic heterocycles. The van der Waals surface area contributed by atoms with Crippen LogP contribution in [0.2, 0.25) is 0 Å². The fourth-order valence-corrected chi connectivity index (χ4v) is 2.53. The lowest BCUT2D eigenvalue weighted by Gasteiger charge is -2.19. The predicted octanol–water partition coefficient (Wildman–Crippen LogP) is 0.256. The third kappa shape index (κ3) is 3.05. The second-order valence-electron chi connectivity index (χ2n) is 4.32. The van der Waals surface area contributed by atoms with Crippen LogP contribution in [0, 0.1) is 11.6 Å². The summed E-state index contributed by atoms with van der Waals surface area (Å²) in [5.41, 5.74) is 4.24. The van der Waals surface area contributed by atoms with E-state index in [9.17, 15) is 22.0 Å². The second kappa shape index (κ2) is 5.71. The predicted molar refractivity (Wildman–Crippen MR) is 69.3 cm³/mol. The molecule has 1 aromatic rings. The van der Waals surface area contributed by atoms with E-state index >= 15 is 0 Å². The molecule has 20 heavy (non-hydrogen) atoms. The summed E-state index contributed by atoms with van der Waals surface area (Å²) in [6, 6.07) is 1.53. The number of halogens is 2. The lowest BCUT2D eigenvalue weighted by molar-refractivity contribution is -0.128. The minimum absolute atomic E-state index is 0.466. The molecule has 112 valence electrons. The quantitative estimate of drug-likeness (QED) is 0.809. The van der Waals surface area contributed by atoms with Crippen LogP contribution in [0.15, 0.2) is 17.0 Å². The zero-order valence-electron chi connectivity index (χ0n) is 11.2. The minimum Gasteiger partial charge on any atom is -0.394 e. The third-order valence-corrected chi connectivity index (χ3v) is 4.46. The Hall–Kier alpha value is -1.74. The molecular weight excluding hydrogens is 292 g/mol. The smallest absolute Gasteiger partial charge is 0.246 e. The van der Waals surface area contributed by atoms with Gasteiger partial charge in [-0.3, -0.25) is 4.79 Å². The molecule has 1 aromatic carbocycles. The standard InChI is InChI=1S/C11H15F2N3O3S/c1-15(2)9(17)6-16(3)20(18,19)8-5-4-7(12)11(14)10(8)13/h4-5H,6,14H2,1-3H3. The van der Waals surface area contributed by atoms with Crippen molar-refractivity contribution in [3.63, 3.8) is 0 Å². The van der Waals surface area contributed by atoms with E-state index < -0.39 is 44.7 Å². The third-order valence-electron chi connectivity index (χ3n) is 2.64. The van der Waals surface area contributed by atoms with Gasteiger partial charge in [0.2, 0.25) is 15.9 Å². The molecule has 0 heterocycles. The number of anilines is 1. The van der Waals surface area contributed by atoms with Crippen LogP contribution in [0.1, 0.15) is 0 Å². The number of benzene rings is 1. The summed E-state index contributed by atoms with van der Waals surface area (Å²) in [4.78, 5) is 11.9. The van der Waals surface area contributed by atoms with Crippen molar-refractivity contribution in [3.05, 3.63) is 23.8 Å². The summed E-state index contributed by atoms with van der Waals surface area (Å²) in [5, 5.41) is 0. The number of hydrogen-bond donors (Lipinski definition) is 1. The topological polar surface area (TPSA) is 83.7 Å². The molecule has 0 spiro atoms. The molecule has 1 amide bonds. The summed E-state index contributed by atoms with van der Waals surface area (Å²) < 4.78 is 51.7. The highest BCUT2D eigenvalue weighted by atomic mass is 32.2. The molecule has 0 atom stereocenters. The van der Waals surface area contributed by atoms with Crippen LogP contribution in [0.5, 0.6) is 0 Å². The minimum atomic E-state index is -4.27. The largest absolute Gasteiger partial charge is 0.394 e. The van der Waals surface area contributed by atoms with Gasteiger partial charge in [-0.1, -0.05) is 0 Å². The van der Waals surface area contributed by atoms with E-state index in [0.717, 1.165) is 19.2 Å². The van der Waals surface area contributed by atoms with E-state index in [4.69, 9.17) is 5.73 Å². The number of likely N-dealkylation sites (N-methyl/N-ethyl adjacent to an activating group) is 2. The Morgan fingerprint density at radius 2 is 1.80 bits per heavy atom. The summed E-state index contributed by atoms with van der Waals surface area (Å²) in [6.07, 6.45) is 0. The summed E-state index contributed by atoms with van der Waals surface area (Å²) in [7, 11) is -0.237. The molecule has 2 N–H and O–H groups in total. The fraction of sp³-hybridized carbons (Fsp3) is 0.364. The highest BCUT2D eigenvalue weighted by Gasteiger charge is 2.28. The first-order chi connectivity index (χ1) is 9.09. The zero-order valence-corrected chi connectivity index (χ0v) is 12.0. The number of carbonyl (C=O) groups is 1. The van der Waals surface area contributed by atoms with Crippen LogP contribution in [0.3, 0.4) is 0 Å². The normalized spacial score (nSPS) is 11.7. The molecule has 0 aliphatic carbocycles. The molecule has 6 nitrogen and oxygen atoms in total. The van der Waals surface area contributed by atoms with Gasteiger partial charge in [0.05, 0.1) is 6.54 Å².